The van der Waals surface area contributed by atoms with Crippen molar-refractivity contribution in [1.82, 2.24) is 5.32 Å². The van der Waals surface area contributed by atoms with Crippen molar-refractivity contribution in [3.05, 3.63) is 42.5 Å². The second-order valence-corrected chi connectivity index (χ2v) is 6.09. The van der Waals surface area contributed by atoms with Crippen LogP contribution in [0.2, 0.25) is 0 Å². The van der Waals surface area contributed by atoms with Crippen LogP contribution in [0.15, 0.2) is 36.9 Å². The summed E-state index contributed by atoms with van der Waals surface area (Å²) in [5, 5.41) is 3.56. The molecule has 1 saturated carbocycles. The van der Waals surface area contributed by atoms with Crippen molar-refractivity contribution in [3.8, 4) is 0 Å². The van der Waals surface area contributed by atoms with Crippen molar-refractivity contribution >= 4 is 17.3 Å². The minimum atomic E-state index is 0.511. The molecule has 1 fully saturated rings. The summed E-state index contributed by atoms with van der Waals surface area (Å²) in [5.41, 5.74) is 2.42. The van der Waals surface area contributed by atoms with Gasteiger partial charge in [0, 0.05) is 17.8 Å². The molecule has 2 rings (SSSR count). The minimum Gasteiger partial charge on any atom is -0.311 e. The molecular formula is C15H21NS. The molecule has 2 heteroatoms. The first-order chi connectivity index (χ1) is 8.26. The lowest BCUT2D eigenvalue weighted by atomic mass is 9.84. The Hall–Kier alpha value is -0.730. The van der Waals surface area contributed by atoms with E-state index < -0.39 is 0 Å². The fourth-order valence-corrected chi connectivity index (χ4v) is 3.18. The van der Waals surface area contributed by atoms with Crippen LogP contribution in [0.25, 0.3) is 5.57 Å². The third-order valence-electron chi connectivity index (χ3n) is 3.67. The molecule has 0 saturated heterocycles. The molecule has 0 amide bonds. The predicted octanol–water partition coefficient (Wildman–Crippen LogP) is 3.58. The maximum absolute atomic E-state index is 4.14. The van der Waals surface area contributed by atoms with E-state index in [1.807, 2.05) is 17.8 Å². The highest BCUT2D eigenvalue weighted by atomic mass is 32.2. The summed E-state index contributed by atoms with van der Waals surface area (Å²) in [5.74, 6) is 0. The lowest BCUT2D eigenvalue weighted by Crippen LogP contribution is -2.43. The van der Waals surface area contributed by atoms with E-state index in [0.717, 1.165) is 13.1 Å². The molecule has 0 radical (unpaired) electrons. The summed E-state index contributed by atoms with van der Waals surface area (Å²) in [4.78, 5) is 0. The molecule has 0 bridgehead atoms. The Bertz CT molecular complexity index is 362. The molecular weight excluding hydrogens is 226 g/mol. The summed E-state index contributed by atoms with van der Waals surface area (Å²) in [7, 11) is 0. The molecule has 0 unspecified atom stereocenters. The fraction of sp³-hybridized carbons (Fsp3) is 0.467. The van der Waals surface area contributed by atoms with Gasteiger partial charge in [-0.15, -0.1) is 0 Å². The molecule has 1 aliphatic rings. The van der Waals surface area contributed by atoms with Crippen LogP contribution < -0.4 is 5.32 Å². The molecule has 1 aromatic carbocycles. The smallest absolute Gasteiger partial charge is 0.0281 e. The zero-order valence-corrected chi connectivity index (χ0v) is 11.4. The van der Waals surface area contributed by atoms with E-state index >= 15 is 0 Å². The van der Waals surface area contributed by atoms with E-state index in [1.54, 1.807) is 0 Å². The summed E-state index contributed by atoms with van der Waals surface area (Å²) in [6, 6.07) is 10.4. The van der Waals surface area contributed by atoms with Gasteiger partial charge in [0.1, 0.15) is 0 Å². The molecule has 0 spiro atoms. The maximum atomic E-state index is 4.14. The zero-order chi connectivity index (χ0) is 12.1. The molecule has 1 nitrogen and oxygen atoms in total. The van der Waals surface area contributed by atoms with Crippen molar-refractivity contribution in [2.75, 3.05) is 19.3 Å². The number of thioether (sulfide) groups is 1. The van der Waals surface area contributed by atoms with Crippen molar-refractivity contribution in [1.29, 1.82) is 0 Å². The number of nitrogens with one attached hydrogen (secondary N) is 1. The van der Waals surface area contributed by atoms with E-state index in [4.69, 9.17) is 0 Å². The van der Waals surface area contributed by atoms with Crippen molar-refractivity contribution in [3.63, 3.8) is 0 Å². The van der Waals surface area contributed by atoms with Crippen molar-refractivity contribution < 1.29 is 0 Å². The van der Waals surface area contributed by atoms with Crippen LogP contribution in [0.3, 0.4) is 0 Å². The standard InChI is InChI=1S/C15H21NS/c1-13(14-7-4-3-5-8-14)11-16-12-15(17-2)9-6-10-15/h3-5,7-8,16H,1,6,9-12H2,2H3. The van der Waals surface area contributed by atoms with Crippen LogP contribution in [0, 0.1) is 0 Å². The Morgan fingerprint density at radius 1 is 1.35 bits per heavy atom. The Morgan fingerprint density at radius 2 is 2.06 bits per heavy atom. The first-order valence-corrected chi connectivity index (χ1v) is 7.47. The fourth-order valence-electron chi connectivity index (χ4n) is 2.24. The predicted molar refractivity (Wildman–Crippen MR) is 78.4 cm³/mol. The number of hydrogen-bond acceptors (Lipinski definition) is 2. The van der Waals surface area contributed by atoms with Crippen LogP contribution in [0.5, 0.6) is 0 Å². The second-order valence-electron chi connectivity index (χ2n) is 4.81. The Kier molecular flexibility index (Phi) is 4.30. The lowest BCUT2D eigenvalue weighted by Gasteiger charge is -2.40. The number of benzene rings is 1. The van der Waals surface area contributed by atoms with Gasteiger partial charge in [0.15, 0.2) is 0 Å². The average molecular weight is 247 g/mol. The average Bonchev–Trinajstić information content (AvgIpc) is 2.33. The highest BCUT2D eigenvalue weighted by Gasteiger charge is 2.35. The highest BCUT2D eigenvalue weighted by Crippen LogP contribution is 2.42. The molecule has 1 N–H and O–H groups in total. The first-order valence-electron chi connectivity index (χ1n) is 6.25. The summed E-state index contributed by atoms with van der Waals surface area (Å²) in [6.07, 6.45) is 6.34. The van der Waals surface area contributed by atoms with Crippen LogP contribution in [-0.4, -0.2) is 24.1 Å². The van der Waals surface area contributed by atoms with Crippen molar-refractivity contribution in [2.45, 2.75) is 24.0 Å². The van der Waals surface area contributed by atoms with Gasteiger partial charge >= 0.3 is 0 Å². The highest BCUT2D eigenvalue weighted by molar-refractivity contribution is 8.00. The van der Waals surface area contributed by atoms with Gasteiger partial charge in [0.25, 0.3) is 0 Å². The Labute approximate surface area is 109 Å². The van der Waals surface area contributed by atoms with Gasteiger partial charge in [0.05, 0.1) is 0 Å². The van der Waals surface area contributed by atoms with Gasteiger partial charge in [-0.1, -0.05) is 43.3 Å². The van der Waals surface area contributed by atoms with Gasteiger partial charge < -0.3 is 5.32 Å². The van der Waals surface area contributed by atoms with E-state index in [1.165, 1.54) is 30.4 Å². The first kappa shape index (κ1) is 12.7. The molecule has 1 aliphatic carbocycles. The van der Waals surface area contributed by atoms with Gasteiger partial charge in [-0.05, 0) is 30.2 Å². The molecule has 1 aromatic rings. The summed E-state index contributed by atoms with van der Waals surface area (Å²) in [6.45, 7) is 6.15. The molecule has 0 aliphatic heterocycles. The van der Waals surface area contributed by atoms with Crippen LogP contribution in [-0.2, 0) is 0 Å². The SMILES string of the molecule is C=C(CNCC1(SC)CCC1)c1ccccc1. The normalized spacial score (nSPS) is 17.5. The zero-order valence-electron chi connectivity index (χ0n) is 10.5. The molecule has 0 atom stereocenters. The van der Waals surface area contributed by atoms with Crippen LogP contribution in [0.1, 0.15) is 24.8 Å². The van der Waals surface area contributed by atoms with Gasteiger partial charge in [-0.3, -0.25) is 0 Å². The minimum absolute atomic E-state index is 0.511. The molecule has 17 heavy (non-hydrogen) atoms. The Balaban J connectivity index is 1.77. The van der Waals surface area contributed by atoms with E-state index in [0.29, 0.717) is 4.75 Å². The largest absolute Gasteiger partial charge is 0.311 e. The van der Waals surface area contributed by atoms with Gasteiger partial charge in [0.2, 0.25) is 0 Å². The van der Waals surface area contributed by atoms with Crippen LogP contribution >= 0.6 is 11.8 Å². The van der Waals surface area contributed by atoms with E-state index in [2.05, 4.69) is 42.4 Å². The quantitative estimate of drug-likeness (QED) is 0.824. The van der Waals surface area contributed by atoms with Gasteiger partial charge in [-0.25, -0.2) is 0 Å². The van der Waals surface area contributed by atoms with E-state index in [-0.39, 0.29) is 0 Å². The monoisotopic (exact) mass is 247 g/mol. The van der Waals surface area contributed by atoms with E-state index in [9.17, 15) is 0 Å². The molecule has 0 heterocycles. The van der Waals surface area contributed by atoms with Gasteiger partial charge in [-0.2, -0.15) is 11.8 Å². The number of hydrogen-bond donors (Lipinski definition) is 1. The molecule has 92 valence electrons. The maximum Gasteiger partial charge on any atom is 0.0281 e. The third kappa shape index (κ3) is 3.14. The molecule has 0 aromatic heterocycles. The number of rotatable bonds is 6. The van der Waals surface area contributed by atoms with Crippen LogP contribution in [0.4, 0.5) is 0 Å². The third-order valence-corrected chi connectivity index (χ3v) is 5.08. The lowest BCUT2D eigenvalue weighted by molar-refractivity contribution is 0.351. The Morgan fingerprint density at radius 3 is 2.59 bits per heavy atom. The summed E-state index contributed by atoms with van der Waals surface area (Å²) >= 11 is 2.01. The topological polar surface area (TPSA) is 12.0 Å². The van der Waals surface area contributed by atoms with Crippen molar-refractivity contribution in [2.24, 2.45) is 0 Å². The summed E-state index contributed by atoms with van der Waals surface area (Å²) < 4.78 is 0.511. The second kappa shape index (κ2) is 5.74.